The first kappa shape index (κ1) is 15.5. The Morgan fingerprint density at radius 3 is 2.71 bits per heavy atom. The van der Waals surface area contributed by atoms with Crippen molar-refractivity contribution in [1.29, 1.82) is 0 Å². The molecule has 0 saturated heterocycles. The molecule has 2 N–H and O–H groups in total. The van der Waals surface area contributed by atoms with E-state index in [2.05, 4.69) is 10.6 Å². The summed E-state index contributed by atoms with van der Waals surface area (Å²) in [5.74, 6) is -0.368. The number of methoxy groups -OCH3 is 1. The monoisotopic (exact) mass is 320 g/mol. The van der Waals surface area contributed by atoms with E-state index in [4.69, 9.17) is 17.0 Å². The van der Waals surface area contributed by atoms with Gasteiger partial charge in [0.05, 0.1) is 12.7 Å². The maximum absolute atomic E-state index is 11.7. The van der Waals surface area contributed by atoms with Crippen LogP contribution in [0.15, 0.2) is 36.4 Å². The Morgan fingerprint density at radius 1 is 1.33 bits per heavy atom. The normalized spacial score (nSPS) is 10.0. The first-order valence-electron chi connectivity index (χ1n) is 6.37. The van der Waals surface area contributed by atoms with E-state index in [0.717, 1.165) is 10.4 Å². The van der Waals surface area contributed by atoms with Crippen molar-refractivity contribution < 1.29 is 9.53 Å². The molecule has 0 unspecified atom stereocenters. The van der Waals surface area contributed by atoms with Gasteiger partial charge in [-0.15, -0.1) is 11.3 Å². The van der Waals surface area contributed by atoms with E-state index in [9.17, 15) is 4.79 Å². The fraction of sp³-hybridized carbons (Fsp3) is 0.200. The molecule has 0 bridgehead atoms. The summed E-state index contributed by atoms with van der Waals surface area (Å²) in [6.45, 7) is 2.56. The number of hydrogen-bond donors (Lipinski definition) is 2. The lowest BCUT2D eigenvalue weighted by Crippen LogP contribution is -2.28. The Morgan fingerprint density at radius 2 is 2.05 bits per heavy atom. The van der Waals surface area contributed by atoms with Crippen molar-refractivity contribution in [3.63, 3.8) is 0 Å². The summed E-state index contributed by atoms with van der Waals surface area (Å²) < 4.78 is 4.77. The lowest BCUT2D eigenvalue weighted by Gasteiger charge is -2.10. The standard InChI is InChI=1S/C15H16N2O2S2/c1-10-8-12(14(18)19-2)13(21-10)17-15(20)16-9-11-6-4-3-5-7-11/h3-8H,9H2,1-2H3,(H2,16,17,20). The lowest BCUT2D eigenvalue weighted by molar-refractivity contribution is 0.0602. The number of nitrogens with one attached hydrogen (secondary N) is 2. The summed E-state index contributed by atoms with van der Waals surface area (Å²) in [5, 5.41) is 7.35. The third kappa shape index (κ3) is 4.27. The van der Waals surface area contributed by atoms with E-state index >= 15 is 0 Å². The summed E-state index contributed by atoms with van der Waals surface area (Å²) in [7, 11) is 1.37. The summed E-state index contributed by atoms with van der Waals surface area (Å²) >= 11 is 6.73. The number of esters is 1. The van der Waals surface area contributed by atoms with Crippen LogP contribution in [0, 0.1) is 6.92 Å². The molecule has 0 radical (unpaired) electrons. The molecule has 0 amide bonds. The molecule has 110 valence electrons. The second-order valence-corrected chi connectivity index (χ2v) is 6.05. The van der Waals surface area contributed by atoms with Crippen LogP contribution in [-0.2, 0) is 11.3 Å². The van der Waals surface area contributed by atoms with Crippen molar-refractivity contribution in [3.05, 3.63) is 52.4 Å². The van der Waals surface area contributed by atoms with Crippen molar-refractivity contribution in [2.45, 2.75) is 13.5 Å². The van der Waals surface area contributed by atoms with Gasteiger partial charge < -0.3 is 15.4 Å². The van der Waals surface area contributed by atoms with Crippen LogP contribution in [0.2, 0.25) is 0 Å². The number of anilines is 1. The van der Waals surface area contributed by atoms with Gasteiger partial charge in [0.1, 0.15) is 5.00 Å². The lowest BCUT2D eigenvalue weighted by atomic mass is 10.2. The number of rotatable bonds is 4. The van der Waals surface area contributed by atoms with Gasteiger partial charge in [-0.2, -0.15) is 0 Å². The fourth-order valence-corrected chi connectivity index (χ4v) is 2.94. The number of aryl methyl sites for hydroxylation is 1. The predicted octanol–water partition coefficient (Wildman–Crippen LogP) is 3.33. The SMILES string of the molecule is COC(=O)c1cc(C)sc1NC(=S)NCc1ccccc1. The number of carbonyl (C=O) groups excluding carboxylic acids is 1. The molecule has 0 aliphatic carbocycles. The summed E-state index contributed by atoms with van der Waals surface area (Å²) in [5.41, 5.74) is 1.64. The Kier molecular flexibility index (Phi) is 5.30. The molecule has 21 heavy (non-hydrogen) atoms. The van der Waals surface area contributed by atoms with Crippen LogP contribution >= 0.6 is 23.6 Å². The molecule has 1 aromatic heterocycles. The van der Waals surface area contributed by atoms with Crippen molar-refractivity contribution in [3.8, 4) is 0 Å². The van der Waals surface area contributed by atoms with E-state index in [0.29, 0.717) is 22.2 Å². The molecule has 0 spiro atoms. The molecule has 0 aliphatic rings. The second-order valence-electron chi connectivity index (χ2n) is 4.38. The highest BCUT2D eigenvalue weighted by atomic mass is 32.1. The first-order chi connectivity index (χ1) is 10.1. The number of benzene rings is 1. The van der Waals surface area contributed by atoms with E-state index in [1.807, 2.05) is 37.3 Å². The highest BCUT2D eigenvalue weighted by molar-refractivity contribution is 7.80. The molecule has 0 saturated carbocycles. The number of thiocarbonyl (C=S) groups is 1. The van der Waals surface area contributed by atoms with Gasteiger partial charge in [-0.25, -0.2) is 4.79 Å². The zero-order chi connectivity index (χ0) is 15.2. The molecule has 0 fully saturated rings. The quantitative estimate of drug-likeness (QED) is 0.668. The predicted molar refractivity (Wildman–Crippen MR) is 89.9 cm³/mol. The maximum Gasteiger partial charge on any atom is 0.340 e. The minimum absolute atomic E-state index is 0.368. The van der Waals surface area contributed by atoms with E-state index in [-0.39, 0.29) is 5.97 Å². The van der Waals surface area contributed by atoms with Gasteiger partial charge in [-0.3, -0.25) is 0 Å². The first-order valence-corrected chi connectivity index (χ1v) is 7.60. The maximum atomic E-state index is 11.7. The number of carbonyl (C=O) groups is 1. The van der Waals surface area contributed by atoms with Crippen LogP contribution in [0.1, 0.15) is 20.8 Å². The Hall–Kier alpha value is -1.92. The molecule has 0 aliphatic heterocycles. The smallest absolute Gasteiger partial charge is 0.340 e. The van der Waals surface area contributed by atoms with Crippen LogP contribution in [-0.4, -0.2) is 18.2 Å². The molecule has 0 atom stereocenters. The van der Waals surface area contributed by atoms with Gasteiger partial charge in [0, 0.05) is 11.4 Å². The largest absolute Gasteiger partial charge is 0.465 e. The van der Waals surface area contributed by atoms with Crippen LogP contribution in [0.4, 0.5) is 5.00 Å². The van der Waals surface area contributed by atoms with E-state index in [1.54, 1.807) is 6.07 Å². The molecule has 6 heteroatoms. The van der Waals surface area contributed by atoms with Gasteiger partial charge in [0.2, 0.25) is 0 Å². The number of hydrogen-bond acceptors (Lipinski definition) is 4. The third-order valence-corrected chi connectivity index (χ3v) is 4.00. The van der Waals surface area contributed by atoms with Gasteiger partial charge in [0.25, 0.3) is 0 Å². The van der Waals surface area contributed by atoms with Crippen molar-refractivity contribution in [1.82, 2.24) is 5.32 Å². The minimum atomic E-state index is -0.368. The topological polar surface area (TPSA) is 50.4 Å². The van der Waals surface area contributed by atoms with Gasteiger partial charge >= 0.3 is 5.97 Å². The van der Waals surface area contributed by atoms with Gasteiger partial charge in [0.15, 0.2) is 5.11 Å². The molecule has 2 aromatic rings. The van der Waals surface area contributed by atoms with Gasteiger partial charge in [-0.05, 0) is 30.8 Å². The Labute approximate surface area is 133 Å². The zero-order valence-corrected chi connectivity index (χ0v) is 13.4. The molecule has 1 aromatic carbocycles. The van der Waals surface area contributed by atoms with Crippen molar-refractivity contribution >= 4 is 39.6 Å². The van der Waals surface area contributed by atoms with Crippen LogP contribution in [0.3, 0.4) is 0 Å². The second kappa shape index (κ2) is 7.19. The average molecular weight is 320 g/mol. The molecule has 4 nitrogen and oxygen atoms in total. The Balaban J connectivity index is 1.98. The minimum Gasteiger partial charge on any atom is -0.465 e. The summed E-state index contributed by atoms with van der Waals surface area (Å²) in [6, 6.07) is 11.8. The number of ether oxygens (including phenoxy) is 1. The van der Waals surface area contributed by atoms with E-state index in [1.165, 1.54) is 18.4 Å². The van der Waals surface area contributed by atoms with Crippen LogP contribution in [0.5, 0.6) is 0 Å². The highest BCUT2D eigenvalue weighted by Gasteiger charge is 2.16. The molecular weight excluding hydrogens is 304 g/mol. The molecule has 2 rings (SSSR count). The van der Waals surface area contributed by atoms with Crippen molar-refractivity contribution in [2.24, 2.45) is 0 Å². The average Bonchev–Trinajstić information content (AvgIpc) is 2.86. The van der Waals surface area contributed by atoms with Crippen LogP contribution in [0.25, 0.3) is 0 Å². The molecular formula is C15H16N2O2S2. The van der Waals surface area contributed by atoms with Gasteiger partial charge in [-0.1, -0.05) is 30.3 Å². The summed E-state index contributed by atoms with van der Waals surface area (Å²) in [6.07, 6.45) is 0. The van der Waals surface area contributed by atoms with E-state index < -0.39 is 0 Å². The fourth-order valence-electron chi connectivity index (χ4n) is 1.79. The number of thiophene rings is 1. The third-order valence-electron chi connectivity index (χ3n) is 2.78. The van der Waals surface area contributed by atoms with Crippen molar-refractivity contribution in [2.75, 3.05) is 12.4 Å². The molecule has 1 heterocycles. The Bertz CT molecular complexity index is 638. The van der Waals surface area contributed by atoms with Crippen LogP contribution < -0.4 is 10.6 Å². The summed E-state index contributed by atoms with van der Waals surface area (Å²) in [4.78, 5) is 12.7. The highest BCUT2D eigenvalue weighted by Crippen LogP contribution is 2.28. The zero-order valence-electron chi connectivity index (χ0n) is 11.8.